The monoisotopic (exact) mass is 286 g/mol. The summed E-state index contributed by atoms with van der Waals surface area (Å²) < 4.78 is 38.3. The topological polar surface area (TPSA) is 15.3 Å². The van der Waals surface area contributed by atoms with Crippen LogP contribution in [0.3, 0.4) is 0 Å². The van der Waals surface area contributed by atoms with Gasteiger partial charge in [0.05, 0.1) is 6.54 Å². The Morgan fingerprint density at radius 3 is 2.30 bits per heavy atom. The summed E-state index contributed by atoms with van der Waals surface area (Å²) in [6, 6.07) is 9.43. The van der Waals surface area contributed by atoms with Gasteiger partial charge in [-0.25, -0.2) is 0 Å². The minimum atomic E-state index is -4.15. The average Bonchev–Trinajstić information content (AvgIpc) is 3.21. The first-order valence-electron chi connectivity index (χ1n) is 6.97. The van der Waals surface area contributed by atoms with Crippen LogP contribution >= 0.6 is 0 Å². The number of hydrogen-bond acceptors (Lipinski definition) is 2. The maximum atomic E-state index is 12.8. The summed E-state index contributed by atoms with van der Waals surface area (Å²) in [5, 5.41) is 3.16. The zero-order chi connectivity index (χ0) is 14.8. The van der Waals surface area contributed by atoms with E-state index in [9.17, 15) is 13.2 Å². The van der Waals surface area contributed by atoms with E-state index in [1.807, 2.05) is 37.3 Å². The predicted molar refractivity (Wildman–Crippen MR) is 73.5 cm³/mol. The SMILES string of the molecule is CNC(c1ccccc1)C(C)N(CC(F)(F)F)C1CC1. The van der Waals surface area contributed by atoms with Crippen LogP contribution in [0.15, 0.2) is 30.3 Å². The molecule has 0 radical (unpaired) electrons. The van der Waals surface area contributed by atoms with E-state index in [1.165, 1.54) is 0 Å². The number of halogens is 3. The van der Waals surface area contributed by atoms with Crippen LogP contribution in [0.5, 0.6) is 0 Å². The molecule has 0 amide bonds. The molecule has 2 nitrogen and oxygen atoms in total. The van der Waals surface area contributed by atoms with E-state index in [0.717, 1.165) is 18.4 Å². The molecule has 2 atom stereocenters. The third-order valence-corrected chi connectivity index (χ3v) is 3.85. The van der Waals surface area contributed by atoms with Crippen molar-refractivity contribution < 1.29 is 13.2 Å². The van der Waals surface area contributed by atoms with E-state index in [1.54, 1.807) is 11.9 Å². The Bertz CT molecular complexity index is 415. The number of benzene rings is 1. The van der Waals surface area contributed by atoms with Crippen molar-refractivity contribution in [2.24, 2.45) is 0 Å². The third-order valence-electron chi connectivity index (χ3n) is 3.85. The third kappa shape index (κ3) is 3.96. The van der Waals surface area contributed by atoms with Gasteiger partial charge < -0.3 is 5.32 Å². The lowest BCUT2D eigenvalue weighted by Gasteiger charge is -2.35. The van der Waals surface area contributed by atoms with Crippen molar-refractivity contribution in [1.82, 2.24) is 10.2 Å². The Morgan fingerprint density at radius 2 is 1.85 bits per heavy atom. The van der Waals surface area contributed by atoms with Gasteiger partial charge in [0.15, 0.2) is 0 Å². The van der Waals surface area contributed by atoms with Gasteiger partial charge in [-0.05, 0) is 32.4 Å². The summed E-state index contributed by atoms with van der Waals surface area (Å²) in [5.74, 6) is 0. The van der Waals surface area contributed by atoms with Crippen LogP contribution < -0.4 is 5.32 Å². The zero-order valence-electron chi connectivity index (χ0n) is 11.8. The van der Waals surface area contributed by atoms with E-state index >= 15 is 0 Å². The van der Waals surface area contributed by atoms with Gasteiger partial charge in [-0.3, -0.25) is 4.90 Å². The van der Waals surface area contributed by atoms with Crippen molar-refractivity contribution in [3.63, 3.8) is 0 Å². The number of nitrogens with zero attached hydrogens (tertiary/aromatic N) is 1. The molecule has 1 aliphatic rings. The highest BCUT2D eigenvalue weighted by Gasteiger charge is 2.42. The molecule has 0 saturated heterocycles. The molecule has 20 heavy (non-hydrogen) atoms. The number of alkyl halides is 3. The highest BCUT2D eigenvalue weighted by Crippen LogP contribution is 2.35. The lowest BCUT2D eigenvalue weighted by Crippen LogP contribution is -2.47. The number of rotatable bonds is 6. The number of likely N-dealkylation sites (N-methyl/N-ethyl adjacent to an activating group) is 1. The highest BCUT2D eigenvalue weighted by molar-refractivity contribution is 5.20. The number of hydrogen-bond donors (Lipinski definition) is 1. The molecule has 0 bridgehead atoms. The van der Waals surface area contributed by atoms with Crippen molar-refractivity contribution in [3.8, 4) is 0 Å². The van der Waals surface area contributed by atoms with Crippen molar-refractivity contribution in [3.05, 3.63) is 35.9 Å². The summed E-state index contributed by atoms with van der Waals surface area (Å²) in [4.78, 5) is 1.59. The molecule has 0 aromatic heterocycles. The fourth-order valence-corrected chi connectivity index (χ4v) is 2.76. The van der Waals surface area contributed by atoms with Gasteiger partial charge in [-0.15, -0.1) is 0 Å². The normalized spacial score (nSPS) is 19.1. The molecule has 1 N–H and O–H groups in total. The van der Waals surface area contributed by atoms with Gasteiger partial charge in [0, 0.05) is 18.1 Å². The molecule has 0 aliphatic heterocycles. The maximum Gasteiger partial charge on any atom is 0.401 e. The second kappa shape index (κ2) is 6.14. The van der Waals surface area contributed by atoms with E-state index in [4.69, 9.17) is 0 Å². The van der Waals surface area contributed by atoms with Crippen LogP contribution in [-0.2, 0) is 0 Å². The van der Waals surface area contributed by atoms with Crippen LogP contribution in [0.4, 0.5) is 13.2 Å². The van der Waals surface area contributed by atoms with Crippen LogP contribution in [-0.4, -0.2) is 36.8 Å². The lowest BCUT2D eigenvalue weighted by atomic mass is 9.99. The second-order valence-electron chi connectivity index (χ2n) is 5.44. The fourth-order valence-electron chi connectivity index (χ4n) is 2.76. The lowest BCUT2D eigenvalue weighted by molar-refractivity contribution is -0.153. The molecule has 1 saturated carbocycles. The molecule has 1 aliphatic carbocycles. The average molecular weight is 286 g/mol. The Hall–Kier alpha value is -1.07. The molecule has 112 valence electrons. The van der Waals surface area contributed by atoms with Gasteiger partial charge >= 0.3 is 6.18 Å². The minimum absolute atomic E-state index is 0.0752. The van der Waals surface area contributed by atoms with Crippen molar-refractivity contribution in [1.29, 1.82) is 0 Å². The summed E-state index contributed by atoms with van der Waals surface area (Å²) in [7, 11) is 1.80. The van der Waals surface area contributed by atoms with Gasteiger partial charge in [-0.1, -0.05) is 30.3 Å². The summed E-state index contributed by atoms with van der Waals surface area (Å²) in [5.41, 5.74) is 1.02. The van der Waals surface area contributed by atoms with Crippen molar-refractivity contribution in [2.75, 3.05) is 13.6 Å². The first-order valence-corrected chi connectivity index (χ1v) is 6.97. The molecule has 1 fully saturated rings. The van der Waals surface area contributed by atoms with Gasteiger partial charge in [0.1, 0.15) is 0 Å². The maximum absolute atomic E-state index is 12.8. The van der Waals surface area contributed by atoms with E-state index in [2.05, 4.69) is 5.32 Å². The highest BCUT2D eigenvalue weighted by atomic mass is 19.4. The Balaban J connectivity index is 2.15. The van der Waals surface area contributed by atoms with Gasteiger partial charge in [0.25, 0.3) is 0 Å². The molecule has 0 spiro atoms. The summed E-state index contributed by atoms with van der Waals surface area (Å²) >= 11 is 0. The minimum Gasteiger partial charge on any atom is -0.312 e. The molecular formula is C15H21F3N2. The Morgan fingerprint density at radius 1 is 1.25 bits per heavy atom. The largest absolute Gasteiger partial charge is 0.401 e. The molecule has 1 aromatic carbocycles. The fraction of sp³-hybridized carbons (Fsp3) is 0.600. The Kier molecular flexibility index (Phi) is 4.70. The molecule has 1 aromatic rings. The first-order chi connectivity index (χ1) is 9.42. The molecule has 2 rings (SSSR count). The van der Waals surface area contributed by atoms with E-state index in [0.29, 0.717) is 0 Å². The Labute approximate surface area is 118 Å². The van der Waals surface area contributed by atoms with Crippen molar-refractivity contribution in [2.45, 2.75) is 44.1 Å². The van der Waals surface area contributed by atoms with Gasteiger partial charge in [0.2, 0.25) is 0 Å². The van der Waals surface area contributed by atoms with Gasteiger partial charge in [-0.2, -0.15) is 13.2 Å². The van der Waals surface area contributed by atoms with Crippen LogP contribution in [0.1, 0.15) is 31.4 Å². The van der Waals surface area contributed by atoms with E-state index < -0.39 is 12.7 Å². The molecule has 2 unspecified atom stereocenters. The van der Waals surface area contributed by atoms with Crippen molar-refractivity contribution >= 4 is 0 Å². The van der Waals surface area contributed by atoms with Crippen LogP contribution in [0.25, 0.3) is 0 Å². The summed E-state index contributed by atoms with van der Waals surface area (Å²) in [6.07, 6.45) is -2.41. The quantitative estimate of drug-likeness (QED) is 0.862. The first kappa shape index (κ1) is 15.3. The van der Waals surface area contributed by atoms with Crippen LogP contribution in [0, 0.1) is 0 Å². The molecular weight excluding hydrogens is 265 g/mol. The molecule has 5 heteroatoms. The predicted octanol–water partition coefficient (Wildman–Crippen LogP) is 3.36. The molecule has 0 heterocycles. The smallest absolute Gasteiger partial charge is 0.312 e. The van der Waals surface area contributed by atoms with Crippen LogP contribution in [0.2, 0.25) is 0 Å². The standard InChI is InChI=1S/C15H21F3N2/c1-11(14(19-2)12-6-4-3-5-7-12)20(13-8-9-13)10-15(16,17)18/h3-7,11,13-14,19H,8-10H2,1-2H3. The van der Waals surface area contributed by atoms with E-state index in [-0.39, 0.29) is 18.1 Å². The second-order valence-corrected chi connectivity index (χ2v) is 5.44. The summed E-state index contributed by atoms with van der Waals surface area (Å²) in [6.45, 7) is 1.04. The number of nitrogens with one attached hydrogen (secondary N) is 1. The zero-order valence-corrected chi connectivity index (χ0v) is 11.8.